The fourth-order valence-electron chi connectivity index (χ4n) is 3.37. The molecule has 10 heteroatoms. The number of anilines is 1. The maximum atomic E-state index is 13.6. The molecule has 0 unspecified atom stereocenters. The first kappa shape index (κ1) is 28.1. The highest BCUT2D eigenvalue weighted by Gasteiger charge is 2.32. The SMILES string of the molecule is CC[C@@H](C)NC(=O)[C@@H](CC)N(Cc1ccc(Cl)cc1)C(=O)CN(c1ccc(Br)cc1)S(C)(=O)=O. The van der Waals surface area contributed by atoms with Crippen molar-refractivity contribution in [1.82, 2.24) is 10.2 Å². The zero-order valence-corrected chi connectivity index (χ0v) is 23.0. The molecule has 0 radical (unpaired) electrons. The first-order valence-corrected chi connectivity index (χ1v) is 14.1. The average molecular weight is 573 g/mol. The zero-order valence-electron chi connectivity index (χ0n) is 19.8. The molecule has 0 bridgehead atoms. The van der Waals surface area contributed by atoms with Gasteiger partial charge in [-0.3, -0.25) is 13.9 Å². The molecule has 0 aliphatic rings. The fraction of sp³-hybridized carbons (Fsp3) is 0.417. The second-order valence-electron chi connectivity index (χ2n) is 8.14. The number of carbonyl (C=O) groups excluding carboxylic acids is 2. The van der Waals surface area contributed by atoms with Crippen LogP contribution in [-0.2, 0) is 26.2 Å². The van der Waals surface area contributed by atoms with Gasteiger partial charge in [0, 0.05) is 22.1 Å². The molecule has 34 heavy (non-hydrogen) atoms. The molecular formula is C24H31BrClN3O4S. The van der Waals surface area contributed by atoms with Crippen LogP contribution in [-0.4, -0.2) is 50.0 Å². The van der Waals surface area contributed by atoms with Crippen LogP contribution in [0.2, 0.25) is 5.02 Å². The lowest BCUT2D eigenvalue weighted by Gasteiger charge is -2.33. The molecule has 0 aliphatic carbocycles. The number of carbonyl (C=O) groups is 2. The molecule has 1 N–H and O–H groups in total. The predicted molar refractivity (Wildman–Crippen MR) is 140 cm³/mol. The largest absolute Gasteiger partial charge is 0.352 e. The Hall–Kier alpha value is -2.10. The lowest BCUT2D eigenvalue weighted by atomic mass is 10.1. The van der Waals surface area contributed by atoms with Crippen LogP contribution >= 0.6 is 27.5 Å². The Morgan fingerprint density at radius 2 is 1.62 bits per heavy atom. The number of hydrogen-bond donors (Lipinski definition) is 1. The van der Waals surface area contributed by atoms with Crippen LogP contribution in [0.5, 0.6) is 0 Å². The zero-order chi connectivity index (χ0) is 25.5. The Balaban J connectivity index is 2.41. The van der Waals surface area contributed by atoms with Crippen molar-refractivity contribution in [2.45, 2.75) is 52.2 Å². The average Bonchev–Trinajstić information content (AvgIpc) is 2.78. The maximum absolute atomic E-state index is 13.6. The molecule has 0 spiro atoms. The molecule has 0 saturated carbocycles. The Morgan fingerprint density at radius 1 is 1.03 bits per heavy atom. The van der Waals surface area contributed by atoms with Crippen LogP contribution in [0.25, 0.3) is 0 Å². The highest BCUT2D eigenvalue weighted by Crippen LogP contribution is 2.22. The van der Waals surface area contributed by atoms with Gasteiger partial charge in [0.05, 0.1) is 11.9 Å². The first-order chi connectivity index (χ1) is 16.0. The summed E-state index contributed by atoms with van der Waals surface area (Å²) in [4.78, 5) is 28.1. The number of hydrogen-bond acceptors (Lipinski definition) is 4. The molecule has 2 atom stereocenters. The molecule has 0 aromatic heterocycles. The number of sulfonamides is 1. The fourth-order valence-corrected chi connectivity index (χ4v) is 4.61. The van der Waals surface area contributed by atoms with Crippen LogP contribution in [0, 0.1) is 0 Å². The summed E-state index contributed by atoms with van der Waals surface area (Å²) >= 11 is 9.33. The van der Waals surface area contributed by atoms with E-state index in [1.807, 2.05) is 20.8 Å². The monoisotopic (exact) mass is 571 g/mol. The predicted octanol–water partition coefficient (Wildman–Crippen LogP) is 4.59. The second-order valence-corrected chi connectivity index (χ2v) is 11.4. The van der Waals surface area contributed by atoms with Crippen molar-refractivity contribution in [1.29, 1.82) is 0 Å². The molecular weight excluding hydrogens is 542 g/mol. The van der Waals surface area contributed by atoms with Crippen molar-refractivity contribution in [3.05, 3.63) is 63.6 Å². The van der Waals surface area contributed by atoms with Gasteiger partial charge < -0.3 is 10.2 Å². The standard InChI is InChI=1S/C24H31BrClN3O4S/c1-5-17(3)27-24(31)22(6-2)28(15-18-7-11-20(26)12-8-18)23(30)16-29(34(4,32)33)21-13-9-19(25)10-14-21/h7-14,17,22H,5-6,15-16H2,1-4H3,(H,27,31)/t17-,22-/m1/s1. The van der Waals surface area contributed by atoms with E-state index in [1.54, 1.807) is 48.5 Å². The van der Waals surface area contributed by atoms with E-state index in [0.29, 0.717) is 17.1 Å². The molecule has 0 aliphatic heterocycles. The van der Waals surface area contributed by atoms with Crippen LogP contribution < -0.4 is 9.62 Å². The highest BCUT2D eigenvalue weighted by atomic mass is 79.9. The van der Waals surface area contributed by atoms with Gasteiger partial charge in [-0.25, -0.2) is 8.42 Å². The van der Waals surface area contributed by atoms with Crippen molar-refractivity contribution in [2.75, 3.05) is 17.1 Å². The minimum atomic E-state index is -3.76. The second kappa shape index (κ2) is 12.6. The van der Waals surface area contributed by atoms with Crippen molar-refractivity contribution < 1.29 is 18.0 Å². The Bertz CT molecular complexity index is 1080. The summed E-state index contributed by atoms with van der Waals surface area (Å²) in [5, 5.41) is 3.50. The Morgan fingerprint density at radius 3 is 2.12 bits per heavy atom. The highest BCUT2D eigenvalue weighted by molar-refractivity contribution is 9.10. The summed E-state index contributed by atoms with van der Waals surface area (Å²) in [6.45, 7) is 5.40. The Kier molecular flexibility index (Phi) is 10.4. The third-order valence-corrected chi connectivity index (χ3v) is 7.37. The van der Waals surface area contributed by atoms with Crippen LogP contribution in [0.15, 0.2) is 53.0 Å². The van der Waals surface area contributed by atoms with E-state index in [1.165, 1.54) is 4.90 Å². The lowest BCUT2D eigenvalue weighted by molar-refractivity contribution is -0.140. The molecule has 0 heterocycles. The quantitative estimate of drug-likeness (QED) is 0.427. The molecule has 2 aromatic rings. The molecule has 186 valence electrons. The van der Waals surface area contributed by atoms with Gasteiger partial charge in [0.1, 0.15) is 12.6 Å². The van der Waals surface area contributed by atoms with Crippen molar-refractivity contribution in [2.24, 2.45) is 0 Å². The van der Waals surface area contributed by atoms with E-state index in [4.69, 9.17) is 11.6 Å². The van der Waals surface area contributed by atoms with E-state index in [-0.39, 0.29) is 18.5 Å². The minimum Gasteiger partial charge on any atom is -0.352 e. The summed E-state index contributed by atoms with van der Waals surface area (Å²) in [6.07, 6.45) is 2.18. The van der Waals surface area contributed by atoms with E-state index < -0.39 is 28.5 Å². The number of nitrogens with one attached hydrogen (secondary N) is 1. The summed E-state index contributed by atoms with van der Waals surface area (Å²) in [6, 6.07) is 12.8. The molecule has 7 nitrogen and oxygen atoms in total. The third-order valence-electron chi connectivity index (χ3n) is 5.45. The summed E-state index contributed by atoms with van der Waals surface area (Å²) in [7, 11) is -3.76. The van der Waals surface area contributed by atoms with Crippen LogP contribution in [0.1, 0.15) is 39.2 Å². The van der Waals surface area contributed by atoms with Crippen LogP contribution in [0.3, 0.4) is 0 Å². The molecule has 2 aromatic carbocycles. The van der Waals surface area contributed by atoms with Gasteiger partial charge in [-0.05, 0) is 61.7 Å². The molecule has 0 saturated heterocycles. The maximum Gasteiger partial charge on any atom is 0.244 e. The first-order valence-electron chi connectivity index (χ1n) is 11.0. The normalized spacial score (nSPS) is 13.1. The van der Waals surface area contributed by atoms with Gasteiger partial charge >= 0.3 is 0 Å². The summed E-state index contributed by atoms with van der Waals surface area (Å²) in [5.41, 5.74) is 1.14. The van der Waals surface area contributed by atoms with Gasteiger partial charge in [0.15, 0.2) is 0 Å². The minimum absolute atomic E-state index is 0.0516. The van der Waals surface area contributed by atoms with E-state index in [9.17, 15) is 18.0 Å². The van der Waals surface area contributed by atoms with Gasteiger partial charge in [-0.1, -0.05) is 53.5 Å². The molecule has 0 fully saturated rings. The number of benzene rings is 2. The van der Waals surface area contributed by atoms with Crippen molar-refractivity contribution in [3.8, 4) is 0 Å². The van der Waals surface area contributed by atoms with Gasteiger partial charge in [0.25, 0.3) is 0 Å². The number of halogens is 2. The lowest BCUT2D eigenvalue weighted by Crippen LogP contribution is -2.53. The van der Waals surface area contributed by atoms with Gasteiger partial charge in [0.2, 0.25) is 21.8 Å². The van der Waals surface area contributed by atoms with Crippen LogP contribution in [0.4, 0.5) is 5.69 Å². The van der Waals surface area contributed by atoms with Crippen molar-refractivity contribution >= 4 is 55.1 Å². The van der Waals surface area contributed by atoms with E-state index >= 15 is 0 Å². The number of rotatable bonds is 11. The number of amides is 2. The van der Waals surface area contributed by atoms with Gasteiger partial charge in [-0.2, -0.15) is 0 Å². The smallest absolute Gasteiger partial charge is 0.244 e. The van der Waals surface area contributed by atoms with Crippen molar-refractivity contribution in [3.63, 3.8) is 0 Å². The van der Waals surface area contributed by atoms with E-state index in [2.05, 4.69) is 21.2 Å². The topological polar surface area (TPSA) is 86.8 Å². The number of nitrogens with zero attached hydrogens (tertiary/aromatic N) is 2. The summed E-state index contributed by atoms with van der Waals surface area (Å²) < 4.78 is 27.0. The summed E-state index contributed by atoms with van der Waals surface area (Å²) in [5.74, 6) is -0.747. The van der Waals surface area contributed by atoms with E-state index in [0.717, 1.165) is 27.0 Å². The Labute approximate surface area is 215 Å². The molecule has 2 rings (SSSR count). The van der Waals surface area contributed by atoms with Gasteiger partial charge in [-0.15, -0.1) is 0 Å². The third kappa shape index (κ3) is 7.99. The molecule has 2 amide bonds.